The summed E-state index contributed by atoms with van der Waals surface area (Å²) in [5.41, 5.74) is -0.268. The molecule has 2 aliphatic rings. The van der Waals surface area contributed by atoms with E-state index in [0.29, 0.717) is 5.92 Å². The molecule has 4 heteroatoms. The van der Waals surface area contributed by atoms with Crippen LogP contribution in [0.15, 0.2) is 0 Å². The monoisotopic (exact) mass is 226 g/mol. The molecule has 0 bridgehead atoms. The maximum absolute atomic E-state index is 12.3. The molecule has 2 fully saturated rings. The minimum absolute atomic E-state index is 0.268. The van der Waals surface area contributed by atoms with Gasteiger partial charge in [-0.05, 0) is 20.3 Å². The summed E-state index contributed by atoms with van der Waals surface area (Å²) in [4.78, 5) is 14.3. The number of nitrogens with one attached hydrogen (secondary N) is 1. The smallest absolute Gasteiger partial charge is 0.229 e. The van der Waals surface area contributed by atoms with E-state index in [4.69, 9.17) is 4.74 Å². The quantitative estimate of drug-likeness (QED) is 0.744. The van der Waals surface area contributed by atoms with E-state index in [1.54, 1.807) is 0 Å². The summed E-state index contributed by atoms with van der Waals surface area (Å²) in [5.74, 6) is 0.822. The second-order valence-electron chi connectivity index (χ2n) is 5.54. The van der Waals surface area contributed by atoms with Crippen molar-refractivity contribution in [3.05, 3.63) is 0 Å². The van der Waals surface area contributed by atoms with Crippen molar-refractivity contribution in [2.24, 2.45) is 11.3 Å². The van der Waals surface area contributed by atoms with Gasteiger partial charge in [0.2, 0.25) is 5.91 Å². The summed E-state index contributed by atoms with van der Waals surface area (Å²) in [5, 5.41) is 3.33. The van der Waals surface area contributed by atoms with Crippen LogP contribution in [0.5, 0.6) is 0 Å². The van der Waals surface area contributed by atoms with Crippen LogP contribution in [-0.4, -0.2) is 50.2 Å². The molecule has 0 aliphatic carbocycles. The van der Waals surface area contributed by atoms with E-state index in [1.807, 2.05) is 18.7 Å². The molecule has 2 rings (SSSR count). The highest BCUT2D eigenvalue weighted by Crippen LogP contribution is 2.22. The zero-order valence-electron chi connectivity index (χ0n) is 10.3. The van der Waals surface area contributed by atoms with E-state index in [0.717, 1.165) is 45.8 Å². The number of hydrogen-bond acceptors (Lipinski definition) is 3. The molecule has 2 heterocycles. The molecule has 1 N–H and O–H groups in total. The Morgan fingerprint density at radius 2 is 2.38 bits per heavy atom. The van der Waals surface area contributed by atoms with Gasteiger partial charge < -0.3 is 15.0 Å². The van der Waals surface area contributed by atoms with Crippen LogP contribution in [0.2, 0.25) is 0 Å². The van der Waals surface area contributed by atoms with E-state index in [1.165, 1.54) is 0 Å². The maximum atomic E-state index is 12.3. The predicted octanol–water partition coefficient (Wildman–Crippen LogP) is 0.481. The number of carbonyl (C=O) groups is 1. The van der Waals surface area contributed by atoms with Crippen LogP contribution < -0.4 is 5.32 Å². The third-order valence-corrected chi connectivity index (χ3v) is 3.49. The average molecular weight is 226 g/mol. The number of amides is 1. The van der Waals surface area contributed by atoms with Gasteiger partial charge in [-0.25, -0.2) is 0 Å². The second-order valence-corrected chi connectivity index (χ2v) is 5.54. The van der Waals surface area contributed by atoms with Gasteiger partial charge in [-0.2, -0.15) is 0 Å². The van der Waals surface area contributed by atoms with Crippen molar-refractivity contribution < 1.29 is 9.53 Å². The van der Waals surface area contributed by atoms with E-state index >= 15 is 0 Å². The lowest BCUT2D eigenvalue weighted by atomic mass is 9.91. The number of carbonyl (C=O) groups excluding carboxylic acids is 1. The van der Waals surface area contributed by atoms with Crippen molar-refractivity contribution >= 4 is 5.91 Å². The van der Waals surface area contributed by atoms with Crippen molar-refractivity contribution in [2.75, 3.05) is 39.4 Å². The minimum Gasteiger partial charge on any atom is -0.381 e. The normalized spacial score (nSPS) is 30.5. The van der Waals surface area contributed by atoms with Gasteiger partial charge in [0.25, 0.3) is 0 Å². The van der Waals surface area contributed by atoms with Gasteiger partial charge in [0.05, 0.1) is 12.0 Å². The van der Waals surface area contributed by atoms with Crippen LogP contribution in [0.3, 0.4) is 0 Å². The molecule has 1 amide bonds. The van der Waals surface area contributed by atoms with Gasteiger partial charge >= 0.3 is 0 Å². The Kier molecular flexibility index (Phi) is 3.50. The Balaban J connectivity index is 1.98. The molecule has 92 valence electrons. The molecule has 0 spiro atoms. The Bertz CT molecular complexity index is 260. The Morgan fingerprint density at radius 3 is 3.06 bits per heavy atom. The molecule has 2 aliphatic heterocycles. The van der Waals surface area contributed by atoms with Crippen LogP contribution in [0, 0.1) is 11.3 Å². The molecule has 2 saturated heterocycles. The summed E-state index contributed by atoms with van der Waals surface area (Å²) in [6.45, 7) is 9.10. The highest BCUT2D eigenvalue weighted by Gasteiger charge is 2.35. The second kappa shape index (κ2) is 4.72. The SMILES string of the molecule is CC1(C)CNCCN(CC2CCOC2)C1=O. The lowest BCUT2D eigenvalue weighted by Crippen LogP contribution is -2.43. The molecule has 0 radical (unpaired) electrons. The summed E-state index contributed by atoms with van der Waals surface area (Å²) in [6.07, 6.45) is 1.09. The van der Waals surface area contributed by atoms with Crippen LogP contribution in [0.4, 0.5) is 0 Å². The van der Waals surface area contributed by atoms with Crippen molar-refractivity contribution in [2.45, 2.75) is 20.3 Å². The zero-order valence-corrected chi connectivity index (χ0v) is 10.3. The molecule has 16 heavy (non-hydrogen) atoms. The number of hydrogen-bond donors (Lipinski definition) is 1. The van der Waals surface area contributed by atoms with E-state index < -0.39 is 0 Å². The first-order valence-corrected chi connectivity index (χ1v) is 6.17. The molecule has 0 aromatic rings. The highest BCUT2D eigenvalue weighted by atomic mass is 16.5. The summed E-state index contributed by atoms with van der Waals surface area (Å²) in [6, 6.07) is 0. The zero-order chi connectivity index (χ0) is 11.6. The molecule has 0 aromatic heterocycles. The summed E-state index contributed by atoms with van der Waals surface area (Å²) in [7, 11) is 0. The van der Waals surface area contributed by atoms with Gasteiger partial charge in [0, 0.05) is 38.7 Å². The fourth-order valence-corrected chi connectivity index (χ4v) is 2.43. The van der Waals surface area contributed by atoms with Crippen molar-refractivity contribution in [1.82, 2.24) is 10.2 Å². The molecule has 0 aromatic carbocycles. The standard InChI is InChI=1S/C12H22N2O2/c1-12(2)9-13-4-5-14(11(12)15)7-10-3-6-16-8-10/h10,13H,3-9H2,1-2H3. The maximum Gasteiger partial charge on any atom is 0.229 e. The van der Waals surface area contributed by atoms with Crippen LogP contribution in [-0.2, 0) is 9.53 Å². The molecular weight excluding hydrogens is 204 g/mol. The van der Waals surface area contributed by atoms with Crippen LogP contribution in [0.25, 0.3) is 0 Å². The Morgan fingerprint density at radius 1 is 1.56 bits per heavy atom. The summed E-state index contributed by atoms with van der Waals surface area (Å²) >= 11 is 0. The minimum atomic E-state index is -0.268. The van der Waals surface area contributed by atoms with Gasteiger partial charge in [0.1, 0.15) is 0 Å². The number of ether oxygens (including phenoxy) is 1. The third-order valence-electron chi connectivity index (χ3n) is 3.49. The van der Waals surface area contributed by atoms with Crippen LogP contribution >= 0.6 is 0 Å². The fourth-order valence-electron chi connectivity index (χ4n) is 2.43. The third kappa shape index (κ3) is 2.55. The van der Waals surface area contributed by atoms with Gasteiger partial charge in [-0.15, -0.1) is 0 Å². The van der Waals surface area contributed by atoms with Crippen LogP contribution in [0.1, 0.15) is 20.3 Å². The lowest BCUT2D eigenvalue weighted by Gasteiger charge is -2.29. The van der Waals surface area contributed by atoms with E-state index in [-0.39, 0.29) is 11.3 Å². The topological polar surface area (TPSA) is 41.6 Å². The van der Waals surface area contributed by atoms with E-state index in [9.17, 15) is 4.79 Å². The lowest BCUT2D eigenvalue weighted by molar-refractivity contribution is -0.139. The first-order valence-electron chi connectivity index (χ1n) is 6.17. The molecule has 1 atom stereocenters. The van der Waals surface area contributed by atoms with Crippen molar-refractivity contribution in [3.63, 3.8) is 0 Å². The molecule has 4 nitrogen and oxygen atoms in total. The molecule has 1 unspecified atom stereocenters. The number of nitrogens with zero attached hydrogens (tertiary/aromatic N) is 1. The summed E-state index contributed by atoms with van der Waals surface area (Å²) < 4.78 is 5.36. The highest BCUT2D eigenvalue weighted by molar-refractivity contribution is 5.82. The first-order chi connectivity index (χ1) is 7.59. The Labute approximate surface area is 97.3 Å². The Hall–Kier alpha value is -0.610. The fraction of sp³-hybridized carbons (Fsp3) is 0.917. The van der Waals surface area contributed by atoms with Gasteiger partial charge in [-0.3, -0.25) is 4.79 Å². The molecular formula is C12H22N2O2. The molecule has 0 saturated carbocycles. The predicted molar refractivity (Wildman–Crippen MR) is 62.2 cm³/mol. The van der Waals surface area contributed by atoms with Gasteiger partial charge in [-0.1, -0.05) is 0 Å². The van der Waals surface area contributed by atoms with Gasteiger partial charge in [0.15, 0.2) is 0 Å². The largest absolute Gasteiger partial charge is 0.381 e. The van der Waals surface area contributed by atoms with Crippen molar-refractivity contribution in [1.29, 1.82) is 0 Å². The average Bonchev–Trinajstić information content (AvgIpc) is 2.70. The first kappa shape index (κ1) is 11.9. The van der Waals surface area contributed by atoms with Crippen molar-refractivity contribution in [3.8, 4) is 0 Å². The number of rotatable bonds is 2. The van der Waals surface area contributed by atoms with E-state index in [2.05, 4.69) is 5.32 Å².